The molecular formula is C10H12ClF3. The molecule has 0 saturated heterocycles. The van der Waals surface area contributed by atoms with Crippen molar-refractivity contribution >= 4 is 11.6 Å². The molecule has 0 N–H and O–H groups in total. The Hall–Kier alpha value is -0.440. The van der Waals surface area contributed by atoms with Crippen molar-refractivity contribution in [3.8, 4) is 0 Å². The van der Waals surface area contributed by atoms with E-state index in [-0.39, 0.29) is 5.41 Å². The maximum absolute atomic E-state index is 12.3. The molecule has 0 heterocycles. The molecule has 1 aliphatic rings. The van der Waals surface area contributed by atoms with Crippen LogP contribution < -0.4 is 0 Å². The van der Waals surface area contributed by atoms with Gasteiger partial charge in [-0.3, -0.25) is 0 Å². The zero-order chi connectivity index (χ0) is 11.0. The van der Waals surface area contributed by atoms with E-state index in [1.165, 1.54) is 6.08 Å². The topological polar surface area (TPSA) is 0 Å². The maximum atomic E-state index is 12.3. The highest BCUT2D eigenvalue weighted by molar-refractivity contribution is 6.30. The van der Waals surface area contributed by atoms with Crippen LogP contribution in [0.3, 0.4) is 0 Å². The molecular weight excluding hydrogens is 213 g/mol. The van der Waals surface area contributed by atoms with Crippen LogP contribution in [0.2, 0.25) is 0 Å². The lowest BCUT2D eigenvalue weighted by Gasteiger charge is -2.30. The molecule has 0 amide bonds. The van der Waals surface area contributed by atoms with Crippen molar-refractivity contribution in [3.05, 3.63) is 22.8 Å². The lowest BCUT2D eigenvalue weighted by atomic mass is 9.79. The highest BCUT2D eigenvalue weighted by Gasteiger charge is 2.37. The minimum Gasteiger partial charge on any atom is -0.166 e. The smallest absolute Gasteiger partial charge is 0.166 e. The first kappa shape index (κ1) is 11.6. The van der Waals surface area contributed by atoms with Crippen LogP contribution in [0.15, 0.2) is 22.8 Å². The minimum atomic E-state index is -4.28. The Kier molecular flexibility index (Phi) is 3.00. The van der Waals surface area contributed by atoms with E-state index in [0.29, 0.717) is 11.5 Å². The first-order valence-corrected chi connectivity index (χ1v) is 4.82. The van der Waals surface area contributed by atoms with Gasteiger partial charge in [0.2, 0.25) is 0 Å². The van der Waals surface area contributed by atoms with Gasteiger partial charge in [0.1, 0.15) is 0 Å². The fourth-order valence-electron chi connectivity index (χ4n) is 1.31. The van der Waals surface area contributed by atoms with Crippen molar-refractivity contribution in [3.63, 3.8) is 0 Å². The van der Waals surface area contributed by atoms with E-state index in [9.17, 15) is 13.2 Å². The summed E-state index contributed by atoms with van der Waals surface area (Å²) in [6.07, 6.45) is -0.934. The molecule has 0 nitrogen and oxygen atoms in total. The molecule has 0 saturated carbocycles. The molecule has 1 atom stereocenters. The SMILES string of the molecule is CCC1(C)CC=C(C(F)(F)F)C=C1Cl. The summed E-state index contributed by atoms with van der Waals surface area (Å²) < 4.78 is 36.9. The third kappa shape index (κ3) is 2.14. The molecule has 0 aromatic heterocycles. The second-order valence-electron chi connectivity index (χ2n) is 3.77. The van der Waals surface area contributed by atoms with Crippen LogP contribution >= 0.6 is 11.6 Å². The van der Waals surface area contributed by atoms with Crippen LogP contribution in [0.25, 0.3) is 0 Å². The summed E-state index contributed by atoms with van der Waals surface area (Å²) >= 11 is 5.85. The standard InChI is InChI=1S/C10H12ClF3/c1-3-9(2)5-4-7(6-8(9)11)10(12,13)14/h4,6H,3,5H2,1-2H3. The molecule has 0 bridgehead atoms. The Morgan fingerprint density at radius 1 is 1.50 bits per heavy atom. The maximum Gasteiger partial charge on any atom is 0.416 e. The molecule has 14 heavy (non-hydrogen) atoms. The highest BCUT2D eigenvalue weighted by Crippen LogP contribution is 2.44. The van der Waals surface area contributed by atoms with Gasteiger partial charge in [-0.25, -0.2) is 0 Å². The largest absolute Gasteiger partial charge is 0.416 e. The first-order chi connectivity index (χ1) is 6.29. The molecule has 1 rings (SSSR count). The summed E-state index contributed by atoms with van der Waals surface area (Å²) in [5, 5.41) is 0.301. The van der Waals surface area contributed by atoms with Crippen molar-refractivity contribution in [2.45, 2.75) is 32.9 Å². The van der Waals surface area contributed by atoms with Crippen molar-refractivity contribution in [1.29, 1.82) is 0 Å². The highest BCUT2D eigenvalue weighted by atomic mass is 35.5. The average Bonchev–Trinajstić information content (AvgIpc) is 2.08. The molecule has 0 aliphatic heterocycles. The van der Waals surface area contributed by atoms with Gasteiger partial charge in [-0.05, 0) is 18.9 Å². The zero-order valence-electron chi connectivity index (χ0n) is 8.08. The summed E-state index contributed by atoms with van der Waals surface area (Å²) in [6.45, 7) is 3.79. The molecule has 0 aromatic carbocycles. The lowest BCUT2D eigenvalue weighted by molar-refractivity contribution is -0.0889. The third-order valence-corrected chi connectivity index (χ3v) is 3.30. The van der Waals surface area contributed by atoms with Crippen LogP contribution in [-0.2, 0) is 0 Å². The number of allylic oxidation sites excluding steroid dienone is 4. The Morgan fingerprint density at radius 2 is 2.07 bits per heavy atom. The number of hydrogen-bond acceptors (Lipinski definition) is 0. The Balaban J connectivity index is 2.95. The molecule has 0 radical (unpaired) electrons. The fraction of sp³-hybridized carbons (Fsp3) is 0.600. The van der Waals surface area contributed by atoms with Gasteiger partial charge >= 0.3 is 6.18 Å². The van der Waals surface area contributed by atoms with Gasteiger partial charge in [0.15, 0.2) is 0 Å². The predicted molar refractivity (Wildman–Crippen MR) is 51.1 cm³/mol. The van der Waals surface area contributed by atoms with Gasteiger partial charge in [0.25, 0.3) is 0 Å². The minimum absolute atomic E-state index is 0.301. The second kappa shape index (κ2) is 3.61. The van der Waals surface area contributed by atoms with Gasteiger partial charge in [-0.15, -0.1) is 0 Å². The Morgan fingerprint density at radius 3 is 2.43 bits per heavy atom. The van der Waals surface area contributed by atoms with E-state index in [2.05, 4.69) is 0 Å². The second-order valence-corrected chi connectivity index (χ2v) is 4.18. The summed E-state index contributed by atoms with van der Waals surface area (Å²) in [6, 6.07) is 0. The van der Waals surface area contributed by atoms with E-state index in [4.69, 9.17) is 11.6 Å². The molecule has 1 aliphatic carbocycles. The normalized spacial score (nSPS) is 28.4. The average molecular weight is 225 g/mol. The Labute approximate surface area is 86.4 Å². The lowest BCUT2D eigenvalue weighted by Crippen LogP contribution is -2.21. The number of alkyl halides is 3. The molecule has 0 fully saturated rings. The van der Waals surface area contributed by atoms with Crippen LogP contribution in [0, 0.1) is 5.41 Å². The van der Waals surface area contributed by atoms with Crippen molar-refractivity contribution in [2.75, 3.05) is 0 Å². The van der Waals surface area contributed by atoms with Crippen molar-refractivity contribution < 1.29 is 13.2 Å². The van der Waals surface area contributed by atoms with Gasteiger partial charge < -0.3 is 0 Å². The van der Waals surface area contributed by atoms with Crippen LogP contribution in [-0.4, -0.2) is 6.18 Å². The van der Waals surface area contributed by atoms with Crippen LogP contribution in [0.4, 0.5) is 13.2 Å². The molecule has 1 unspecified atom stereocenters. The fourth-order valence-corrected chi connectivity index (χ4v) is 1.64. The predicted octanol–water partition coefficient (Wildman–Crippen LogP) is 4.42. The van der Waals surface area contributed by atoms with Crippen molar-refractivity contribution in [2.24, 2.45) is 5.41 Å². The summed E-state index contributed by atoms with van der Waals surface area (Å²) in [4.78, 5) is 0. The van der Waals surface area contributed by atoms with Gasteiger partial charge in [-0.2, -0.15) is 13.2 Å². The monoisotopic (exact) mass is 224 g/mol. The van der Waals surface area contributed by atoms with Gasteiger partial charge in [-0.1, -0.05) is 31.5 Å². The van der Waals surface area contributed by atoms with E-state index in [1.54, 1.807) is 0 Å². The van der Waals surface area contributed by atoms with E-state index >= 15 is 0 Å². The molecule has 80 valence electrons. The van der Waals surface area contributed by atoms with Crippen LogP contribution in [0.5, 0.6) is 0 Å². The third-order valence-electron chi connectivity index (χ3n) is 2.74. The van der Waals surface area contributed by atoms with Gasteiger partial charge in [0.05, 0.1) is 5.57 Å². The van der Waals surface area contributed by atoms with E-state index in [0.717, 1.165) is 12.5 Å². The number of rotatable bonds is 1. The summed E-state index contributed by atoms with van der Waals surface area (Å²) in [5.74, 6) is 0. The van der Waals surface area contributed by atoms with E-state index < -0.39 is 11.7 Å². The quantitative estimate of drug-likeness (QED) is 0.619. The zero-order valence-corrected chi connectivity index (χ0v) is 8.84. The van der Waals surface area contributed by atoms with Crippen molar-refractivity contribution in [1.82, 2.24) is 0 Å². The van der Waals surface area contributed by atoms with Gasteiger partial charge in [0, 0.05) is 10.4 Å². The van der Waals surface area contributed by atoms with Crippen LogP contribution in [0.1, 0.15) is 26.7 Å². The Bertz CT molecular complexity index is 288. The summed E-state index contributed by atoms with van der Waals surface area (Å²) in [5.41, 5.74) is -0.954. The number of hydrogen-bond donors (Lipinski definition) is 0. The van der Waals surface area contributed by atoms with E-state index in [1.807, 2.05) is 13.8 Å². The number of halogens is 4. The summed E-state index contributed by atoms with van der Waals surface area (Å²) in [7, 11) is 0. The molecule has 0 aromatic rings. The first-order valence-electron chi connectivity index (χ1n) is 4.44. The molecule has 0 spiro atoms. The molecule has 4 heteroatoms.